The van der Waals surface area contributed by atoms with Gasteiger partial charge in [0.15, 0.2) is 11.6 Å². The van der Waals surface area contributed by atoms with Gasteiger partial charge in [-0.3, -0.25) is 9.59 Å². The zero-order valence-corrected chi connectivity index (χ0v) is 15.4. The van der Waals surface area contributed by atoms with Crippen molar-refractivity contribution in [1.82, 2.24) is 4.90 Å². The molecule has 0 spiro atoms. The van der Waals surface area contributed by atoms with Gasteiger partial charge in [0.1, 0.15) is 0 Å². The Kier molecular flexibility index (Phi) is 7.15. The molecule has 0 bridgehead atoms. The van der Waals surface area contributed by atoms with Crippen molar-refractivity contribution in [3.8, 4) is 0 Å². The van der Waals surface area contributed by atoms with Crippen LogP contribution in [0.1, 0.15) is 24.2 Å². The SMILES string of the molecule is CCN(CC)C(=O)c1cccc(NC(=O)CSc2ccc(F)c(F)c2)c1. The average Bonchev–Trinajstić information content (AvgIpc) is 2.64. The molecule has 2 aromatic carbocycles. The van der Waals surface area contributed by atoms with Crippen LogP contribution < -0.4 is 5.32 Å². The summed E-state index contributed by atoms with van der Waals surface area (Å²) in [7, 11) is 0. The largest absolute Gasteiger partial charge is 0.339 e. The molecule has 4 nitrogen and oxygen atoms in total. The third-order valence-corrected chi connectivity index (χ3v) is 4.70. The molecule has 0 aliphatic carbocycles. The standard InChI is InChI=1S/C19H20F2N2O2S/c1-3-23(4-2)19(25)13-6-5-7-14(10-13)22-18(24)12-26-15-8-9-16(20)17(21)11-15/h5-11H,3-4,12H2,1-2H3,(H,22,24). The number of amides is 2. The normalized spacial score (nSPS) is 10.5. The number of rotatable bonds is 7. The van der Waals surface area contributed by atoms with Crippen molar-refractivity contribution in [2.75, 3.05) is 24.2 Å². The van der Waals surface area contributed by atoms with E-state index in [0.717, 1.165) is 23.9 Å². The van der Waals surface area contributed by atoms with E-state index in [4.69, 9.17) is 0 Å². The van der Waals surface area contributed by atoms with Gasteiger partial charge in [-0.25, -0.2) is 8.78 Å². The monoisotopic (exact) mass is 378 g/mol. The van der Waals surface area contributed by atoms with E-state index in [9.17, 15) is 18.4 Å². The molecule has 0 aliphatic rings. The van der Waals surface area contributed by atoms with Crippen molar-refractivity contribution in [3.63, 3.8) is 0 Å². The number of benzene rings is 2. The lowest BCUT2D eigenvalue weighted by atomic mass is 10.1. The molecular formula is C19H20F2N2O2S. The average molecular weight is 378 g/mol. The van der Waals surface area contributed by atoms with Crippen molar-refractivity contribution in [3.05, 3.63) is 59.7 Å². The predicted octanol–water partition coefficient (Wildman–Crippen LogP) is 4.18. The van der Waals surface area contributed by atoms with E-state index in [1.165, 1.54) is 6.07 Å². The Hall–Kier alpha value is -2.41. The van der Waals surface area contributed by atoms with Crippen molar-refractivity contribution >= 4 is 29.3 Å². The van der Waals surface area contributed by atoms with Crippen LogP contribution in [0, 0.1) is 11.6 Å². The lowest BCUT2D eigenvalue weighted by molar-refractivity contribution is -0.113. The zero-order chi connectivity index (χ0) is 19.1. The van der Waals surface area contributed by atoms with E-state index in [1.54, 1.807) is 29.2 Å². The Morgan fingerprint density at radius 1 is 1.04 bits per heavy atom. The van der Waals surface area contributed by atoms with Gasteiger partial charge in [0, 0.05) is 29.2 Å². The van der Waals surface area contributed by atoms with Gasteiger partial charge in [-0.15, -0.1) is 11.8 Å². The fourth-order valence-electron chi connectivity index (χ4n) is 2.34. The number of hydrogen-bond acceptors (Lipinski definition) is 3. The highest BCUT2D eigenvalue weighted by molar-refractivity contribution is 8.00. The Labute approximate surface area is 155 Å². The predicted molar refractivity (Wildman–Crippen MR) is 99.4 cm³/mol. The quantitative estimate of drug-likeness (QED) is 0.736. The summed E-state index contributed by atoms with van der Waals surface area (Å²) in [5.41, 5.74) is 1.01. The van der Waals surface area contributed by atoms with Gasteiger partial charge in [-0.05, 0) is 50.2 Å². The minimum Gasteiger partial charge on any atom is -0.339 e. The van der Waals surface area contributed by atoms with Gasteiger partial charge in [0.25, 0.3) is 5.91 Å². The number of nitrogens with zero attached hydrogens (tertiary/aromatic N) is 1. The van der Waals surface area contributed by atoms with Gasteiger partial charge >= 0.3 is 0 Å². The Morgan fingerprint density at radius 2 is 1.77 bits per heavy atom. The van der Waals surface area contributed by atoms with Crippen LogP contribution in [0.5, 0.6) is 0 Å². The molecule has 0 saturated carbocycles. The minimum atomic E-state index is -0.946. The number of thioether (sulfide) groups is 1. The van der Waals surface area contributed by atoms with Crippen LogP contribution in [-0.4, -0.2) is 35.6 Å². The van der Waals surface area contributed by atoms with E-state index in [1.807, 2.05) is 13.8 Å². The van der Waals surface area contributed by atoms with Crippen LogP contribution in [0.4, 0.5) is 14.5 Å². The molecule has 0 aliphatic heterocycles. The van der Waals surface area contributed by atoms with E-state index < -0.39 is 11.6 Å². The molecule has 0 atom stereocenters. The second-order valence-electron chi connectivity index (χ2n) is 5.47. The van der Waals surface area contributed by atoms with E-state index in [2.05, 4.69) is 5.32 Å². The maximum Gasteiger partial charge on any atom is 0.253 e. The summed E-state index contributed by atoms with van der Waals surface area (Å²) in [6, 6.07) is 10.2. The van der Waals surface area contributed by atoms with Crippen LogP contribution in [0.15, 0.2) is 47.4 Å². The molecule has 0 saturated heterocycles. The summed E-state index contributed by atoms with van der Waals surface area (Å²) in [4.78, 5) is 26.6. The number of carbonyl (C=O) groups excluding carboxylic acids is 2. The second-order valence-corrected chi connectivity index (χ2v) is 6.52. The third kappa shape index (κ3) is 5.29. The molecule has 0 fully saturated rings. The molecule has 0 aromatic heterocycles. The van der Waals surface area contributed by atoms with Crippen molar-refractivity contribution < 1.29 is 18.4 Å². The van der Waals surface area contributed by atoms with Crippen molar-refractivity contribution in [2.45, 2.75) is 18.7 Å². The fourth-order valence-corrected chi connectivity index (χ4v) is 3.06. The van der Waals surface area contributed by atoms with Crippen LogP contribution in [0.2, 0.25) is 0 Å². The highest BCUT2D eigenvalue weighted by atomic mass is 32.2. The Morgan fingerprint density at radius 3 is 2.42 bits per heavy atom. The summed E-state index contributed by atoms with van der Waals surface area (Å²) in [6.07, 6.45) is 0. The fraction of sp³-hybridized carbons (Fsp3) is 0.263. The highest BCUT2D eigenvalue weighted by Crippen LogP contribution is 2.21. The summed E-state index contributed by atoms with van der Waals surface area (Å²) >= 11 is 1.10. The lowest BCUT2D eigenvalue weighted by Crippen LogP contribution is -2.30. The van der Waals surface area contributed by atoms with Gasteiger partial charge in [-0.1, -0.05) is 6.07 Å². The molecule has 26 heavy (non-hydrogen) atoms. The lowest BCUT2D eigenvalue weighted by Gasteiger charge is -2.19. The van der Waals surface area contributed by atoms with Crippen LogP contribution in [0.3, 0.4) is 0 Å². The number of nitrogens with one attached hydrogen (secondary N) is 1. The second kappa shape index (κ2) is 9.33. The summed E-state index contributed by atoms with van der Waals surface area (Å²) < 4.78 is 26.1. The smallest absolute Gasteiger partial charge is 0.253 e. The highest BCUT2D eigenvalue weighted by Gasteiger charge is 2.13. The first-order chi connectivity index (χ1) is 12.4. The maximum absolute atomic E-state index is 13.2. The summed E-state index contributed by atoms with van der Waals surface area (Å²) in [6.45, 7) is 5.03. The zero-order valence-electron chi connectivity index (χ0n) is 14.6. The van der Waals surface area contributed by atoms with E-state index >= 15 is 0 Å². The summed E-state index contributed by atoms with van der Waals surface area (Å²) in [5, 5.41) is 2.71. The molecule has 2 amide bonds. The molecular weight excluding hydrogens is 358 g/mol. The van der Waals surface area contributed by atoms with E-state index in [0.29, 0.717) is 29.2 Å². The summed E-state index contributed by atoms with van der Waals surface area (Å²) in [5.74, 6) is -2.22. The molecule has 2 rings (SSSR count). The van der Waals surface area contributed by atoms with Crippen LogP contribution >= 0.6 is 11.8 Å². The number of carbonyl (C=O) groups is 2. The Balaban J connectivity index is 1.97. The first kappa shape index (κ1) is 19.9. The van der Waals surface area contributed by atoms with Crippen molar-refractivity contribution in [1.29, 1.82) is 0 Å². The molecule has 0 unspecified atom stereocenters. The molecule has 1 N–H and O–H groups in total. The molecule has 138 valence electrons. The third-order valence-electron chi connectivity index (χ3n) is 3.70. The molecule has 2 aromatic rings. The van der Waals surface area contributed by atoms with Crippen LogP contribution in [0.25, 0.3) is 0 Å². The molecule has 0 radical (unpaired) electrons. The van der Waals surface area contributed by atoms with Crippen LogP contribution in [-0.2, 0) is 4.79 Å². The number of anilines is 1. The first-order valence-corrected chi connectivity index (χ1v) is 9.20. The molecule has 7 heteroatoms. The van der Waals surface area contributed by atoms with E-state index in [-0.39, 0.29) is 17.6 Å². The van der Waals surface area contributed by atoms with Gasteiger partial charge in [-0.2, -0.15) is 0 Å². The van der Waals surface area contributed by atoms with Gasteiger partial charge in [0.05, 0.1) is 5.75 Å². The first-order valence-electron chi connectivity index (χ1n) is 8.21. The molecule has 0 heterocycles. The Bertz CT molecular complexity index is 795. The topological polar surface area (TPSA) is 49.4 Å². The maximum atomic E-state index is 13.2. The van der Waals surface area contributed by atoms with Crippen molar-refractivity contribution in [2.24, 2.45) is 0 Å². The minimum absolute atomic E-state index is 0.0410. The van der Waals surface area contributed by atoms with Gasteiger partial charge in [0.2, 0.25) is 5.91 Å². The van der Waals surface area contributed by atoms with Gasteiger partial charge < -0.3 is 10.2 Å². The number of halogens is 2. The number of hydrogen-bond donors (Lipinski definition) is 1.